The summed E-state index contributed by atoms with van der Waals surface area (Å²) >= 11 is 0. The first-order valence-electron chi connectivity index (χ1n) is 6.29. The van der Waals surface area contributed by atoms with Crippen LogP contribution in [-0.2, 0) is 21.1 Å². The molecule has 102 valence electrons. The van der Waals surface area contributed by atoms with E-state index in [4.69, 9.17) is 0 Å². The largest absolute Gasteiger partial charge is 0.367 e. The van der Waals surface area contributed by atoms with Gasteiger partial charge in [0.2, 0.25) is 0 Å². The molecule has 7 heteroatoms. The van der Waals surface area contributed by atoms with Crippen molar-refractivity contribution in [3.8, 4) is 0 Å². The summed E-state index contributed by atoms with van der Waals surface area (Å²) in [6, 6.07) is 0.473. The third kappa shape index (κ3) is 3.12. The number of rotatable bonds is 3. The van der Waals surface area contributed by atoms with Crippen LogP contribution < -0.4 is 5.32 Å². The predicted octanol–water partition coefficient (Wildman–Crippen LogP) is 1.06. The van der Waals surface area contributed by atoms with Crippen molar-refractivity contribution < 1.29 is 21.1 Å². The van der Waals surface area contributed by atoms with E-state index in [1.807, 2.05) is 0 Å². The molecular weight excluding hydrogens is 412 g/mol. The van der Waals surface area contributed by atoms with Gasteiger partial charge < -0.3 is 17.1 Å². The SMILES string of the molecule is [CH2-]CN1CCC(Nc2ncnc3[nH]ncc23)CC1.[W]. The first-order valence-corrected chi connectivity index (χ1v) is 6.29. The molecule has 0 saturated carbocycles. The molecule has 1 saturated heterocycles. The van der Waals surface area contributed by atoms with Crippen LogP contribution in [-0.4, -0.2) is 50.7 Å². The molecule has 1 aliphatic rings. The van der Waals surface area contributed by atoms with Crippen LogP contribution in [0.3, 0.4) is 0 Å². The second-order valence-corrected chi connectivity index (χ2v) is 4.61. The van der Waals surface area contributed by atoms with E-state index in [2.05, 4.69) is 37.3 Å². The van der Waals surface area contributed by atoms with Gasteiger partial charge in [-0.1, -0.05) is 0 Å². The molecule has 0 aliphatic carbocycles. The van der Waals surface area contributed by atoms with Gasteiger partial charge >= 0.3 is 0 Å². The van der Waals surface area contributed by atoms with Crippen molar-refractivity contribution >= 4 is 16.9 Å². The first-order chi connectivity index (χ1) is 8.86. The number of H-pyrrole nitrogens is 1. The molecule has 0 radical (unpaired) electrons. The number of likely N-dealkylation sites (tertiary alicyclic amines) is 1. The Bertz CT molecular complexity index is 520. The van der Waals surface area contributed by atoms with Gasteiger partial charge in [-0.3, -0.25) is 5.10 Å². The molecule has 0 atom stereocenters. The molecule has 3 heterocycles. The van der Waals surface area contributed by atoms with Crippen LogP contribution in [0.25, 0.3) is 11.0 Å². The van der Waals surface area contributed by atoms with Crippen LogP contribution in [0.4, 0.5) is 5.82 Å². The van der Waals surface area contributed by atoms with Crippen molar-refractivity contribution in [1.29, 1.82) is 0 Å². The number of nitrogens with one attached hydrogen (secondary N) is 2. The molecule has 2 aromatic heterocycles. The van der Waals surface area contributed by atoms with Crippen LogP contribution in [0.5, 0.6) is 0 Å². The zero-order valence-corrected chi connectivity index (χ0v) is 13.6. The summed E-state index contributed by atoms with van der Waals surface area (Å²) in [5.74, 6) is 0.877. The predicted molar refractivity (Wildman–Crippen MR) is 70.1 cm³/mol. The zero-order chi connectivity index (χ0) is 12.4. The zero-order valence-electron chi connectivity index (χ0n) is 10.7. The number of hydrogen-bond acceptors (Lipinski definition) is 5. The van der Waals surface area contributed by atoms with E-state index in [-0.39, 0.29) is 21.1 Å². The van der Waals surface area contributed by atoms with Crippen LogP contribution in [0.15, 0.2) is 12.5 Å². The Labute approximate surface area is 126 Å². The Morgan fingerprint density at radius 1 is 1.37 bits per heavy atom. The third-order valence-electron chi connectivity index (χ3n) is 3.49. The number of piperidine rings is 1. The summed E-state index contributed by atoms with van der Waals surface area (Å²) in [6.07, 6.45) is 5.58. The van der Waals surface area contributed by atoms with Crippen molar-refractivity contribution in [3.63, 3.8) is 0 Å². The smallest absolute Gasteiger partial charge is 0.160 e. The van der Waals surface area contributed by atoms with Crippen molar-refractivity contribution in [2.45, 2.75) is 18.9 Å². The van der Waals surface area contributed by atoms with Gasteiger partial charge in [0.25, 0.3) is 0 Å². The van der Waals surface area contributed by atoms with E-state index in [1.165, 1.54) is 0 Å². The fourth-order valence-electron chi connectivity index (χ4n) is 2.37. The number of nitrogens with zero attached hydrogens (tertiary/aromatic N) is 4. The Morgan fingerprint density at radius 3 is 2.89 bits per heavy atom. The van der Waals surface area contributed by atoms with E-state index < -0.39 is 0 Å². The van der Waals surface area contributed by atoms with Gasteiger partial charge in [-0.15, -0.1) is 6.54 Å². The summed E-state index contributed by atoms with van der Waals surface area (Å²) in [6.45, 7) is 7.02. The molecule has 3 rings (SSSR count). The van der Waals surface area contributed by atoms with Crippen LogP contribution in [0.2, 0.25) is 0 Å². The maximum absolute atomic E-state index is 4.30. The molecular formula is C12H17N6W-. The fourth-order valence-corrected chi connectivity index (χ4v) is 2.37. The van der Waals surface area contributed by atoms with Crippen LogP contribution in [0, 0.1) is 6.92 Å². The molecule has 6 nitrogen and oxygen atoms in total. The number of fused-ring (bicyclic) bond motifs is 1. The first kappa shape index (κ1) is 14.4. The molecule has 0 unspecified atom stereocenters. The topological polar surface area (TPSA) is 69.7 Å². The maximum Gasteiger partial charge on any atom is 0.160 e. The Morgan fingerprint density at radius 2 is 2.16 bits per heavy atom. The van der Waals surface area contributed by atoms with Gasteiger partial charge in [0, 0.05) is 27.1 Å². The van der Waals surface area contributed by atoms with Gasteiger partial charge in [-0.05, 0) is 25.9 Å². The Balaban J connectivity index is 0.00000133. The molecule has 0 aromatic carbocycles. The minimum Gasteiger partial charge on any atom is -0.367 e. The minimum atomic E-state index is 0. The summed E-state index contributed by atoms with van der Waals surface area (Å²) < 4.78 is 0. The number of aromatic amines is 1. The van der Waals surface area contributed by atoms with E-state index in [9.17, 15) is 0 Å². The third-order valence-corrected chi connectivity index (χ3v) is 3.49. The molecule has 1 fully saturated rings. The fraction of sp³-hybridized carbons (Fsp3) is 0.500. The second kappa shape index (κ2) is 6.44. The van der Waals surface area contributed by atoms with Gasteiger partial charge in [0.05, 0.1) is 11.6 Å². The van der Waals surface area contributed by atoms with Gasteiger partial charge in [-0.2, -0.15) is 5.10 Å². The van der Waals surface area contributed by atoms with Crippen molar-refractivity contribution in [2.75, 3.05) is 25.0 Å². The quantitative estimate of drug-likeness (QED) is 0.715. The van der Waals surface area contributed by atoms with Crippen molar-refractivity contribution in [3.05, 3.63) is 19.4 Å². The number of anilines is 1. The normalized spacial score (nSPS) is 17.3. The average molecular weight is 429 g/mol. The molecule has 0 bridgehead atoms. The van der Waals surface area contributed by atoms with E-state index in [0.29, 0.717) is 6.04 Å². The minimum absolute atomic E-state index is 0. The molecule has 0 amide bonds. The molecule has 19 heavy (non-hydrogen) atoms. The molecule has 0 spiro atoms. The average Bonchev–Trinajstić information content (AvgIpc) is 2.89. The maximum atomic E-state index is 4.30. The van der Waals surface area contributed by atoms with E-state index in [0.717, 1.165) is 49.3 Å². The van der Waals surface area contributed by atoms with Crippen LogP contribution >= 0.6 is 0 Å². The summed E-state index contributed by atoms with van der Waals surface area (Å²) in [7, 11) is 0. The standard InChI is InChI=1S/C12H17N6.W/c1-2-18-5-3-9(4-6-18)16-11-10-7-15-17-12(10)14-8-13-11;/h7-9H,1-6H2,(H2,13,14,15,16,17);/q-1;. The summed E-state index contributed by atoms with van der Waals surface area (Å²) in [5.41, 5.74) is 0.780. The van der Waals surface area contributed by atoms with E-state index >= 15 is 0 Å². The van der Waals surface area contributed by atoms with E-state index in [1.54, 1.807) is 12.5 Å². The van der Waals surface area contributed by atoms with Crippen molar-refractivity contribution in [2.24, 2.45) is 0 Å². The van der Waals surface area contributed by atoms with Crippen molar-refractivity contribution in [1.82, 2.24) is 25.1 Å². The second-order valence-electron chi connectivity index (χ2n) is 4.61. The Hall–Kier alpha value is -1.00. The van der Waals surface area contributed by atoms with Crippen LogP contribution in [0.1, 0.15) is 12.8 Å². The van der Waals surface area contributed by atoms with Gasteiger partial charge in [0.1, 0.15) is 12.1 Å². The Kier molecular flexibility index (Phi) is 4.88. The van der Waals surface area contributed by atoms with Gasteiger partial charge in [0.15, 0.2) is 5.65 Å². The van der Waals surface area contributed by atoms with Gasteiger partial charge in [-0.25, -0.2) is 9.97 Å². The summed E-state index contributed by atoms with van der Waals surface area (Å²) in [5, 5.41) is 11.3. The molecule has 1 aliphatic heterocycles. The molecule has 2 aromatic rings. The number of aromatic nitrogens is 4. The number of hydrogen-bond donors (Lipinski definition) is 2. The summed E-state index contributed by atoms with van der Waals surface area (Å²) in [4.78, 5) is 10.8. The monoisotopic (exact) mass is 429 g/mol. The molecule has 2 N–H and O–H groups in total.